The van der Waals surface area contributed by atoms with Gasteiger partial charge in [0.25, 0.3) is 0 Å². The number of aliphatic carboxylic acids is 1. The minimum Gasteiger partial charge on any atom is -0.481 e. The van der Waals surface area contributed by atoms with E-state index >= 15 is 0 Å². The quantitative estimate of drug-likeness (QED) is 0.574. The third-order valence-corrected chi connectivity index (χ3v) is 7.34. The predicted molar refractivity (Wildman–Crippen MR) is 120 cm³/mol. The largest absolute Gasteiger partial charge is 0.481 e. The van der Waals surface area contributed by atoms with Crippen LogP contribution in [0.4, 0.5) is 13.2 Å². The fourth-order valence-electron chi connectivity index (χ4n) is 4.85. The summed E-state index contributed by atoms with van der Waals surface area (Å²) in [5, 5.41) is 13.8. The molecule has 2 aromatic rings. The van der Waals surface area contributed by atoms with E-state index in [1.807, 2.05) is 0 Å². The topological polar surface area (TPSA) is 75.4 Å². The van der Waals surface area contributed by atoms with Gasteiger partial charge in [-0.15, -0.1) is 0 Å². The van der Waals surface area contributed by atoms with Crippen LogP contribution in [0, 0.1) is 11.8 Å². The molecule has 2 aliphatic rings. The van der Waals surface area contributed by atoms with E-state index in [-0.39, 0.29) is 55.8 Å². The van der Waals surface area contributed by atoms with E-state index in [0.29, 0.717) is 47.0 Å². The number of halogens is 5. The first-order valence-corrected chi connectivity index (χ1v) is 11.9. The van der Waals surface area contributed by atoms with Gasteiger partial charge in [0.15, 0.2) is 5.69 Å². The molecule has 1 fully saturated rings. The molecule has 34 heavy (non-hydrogen) atoms. The van der Waals surface area contributed by atoms with E-state index in [1.165, 1.54) is 10.7 Å². The van der Waals surface area contributed by atoms with Crippen molar-refractivity contribution in [1.29, 1.82) is 0 Å². The number of hydrogen-bond donors (Lipinski definition) is 1. The zero-order valence-corrected chi connectivity index (χ0v) is 19.8. The van der Waals surface area contributed by atoms with E-state index in [4.69, 9.17) is 28.3 Å². The molecule has 2 heterocycles. The SMILES string of the molecule is O=C(O)C1CCC(CC(=O)N2CCc3c(C(F)(F)F)nn(Cc4ccc(Cl)cc4Cl)c3C2)CC1. The number of hydrogen-bond acceptors (Lipinski definition) is 3. The minimum atomic E-state index is -4.60. The number of rotatable bonds is 5. The number of aromatic nitrogens is 2. The molecule has 6 nitrogen and oxygen atoms in total. The summed E-state index contributed by atoms with van der Waals surface area (Å²) >= 11 is 12.2. The van der Waals surface area contributed by atoms with E-state index < -0.39 is 17.8 Å². The van der Waals surface area contributed by atoms with Gasteiger partial charge in [0.05, 0.1) is 24.7 Å². The Kier molecular flexibility index (Phi) is 7.14. The lowest BCUT2D eigenvalue weighted by Gasteiger charge is -2.31. The summed E-state index contributed by atoms with van der Waals surface area (Å²) in [5.41, 5.74) is 0.117. The zero-order valence-electron chi connectivity index (χ0n) is 18.2. The van der Waals surface area contributed by atoms with Gasteiger partial charge >= 0.3 is 12.1 Å². The van der Waals surface area contributed by atoms with Crippen molar-refractivity contribution in [3.63, 3.8) is 0 Å². The second-order valence-corrected chi connectivity index (χ2v) is 9.83. The van der Waals surface area contributed by atoms with E-state index in [2.05, 4.69) is 5.10 Å². The van der Waals surface area contributed by atoms with Gasteiger partial charge in [-0.2, -0.15) is 18.3 Å². The molecule has 1 aliphatic carbocycles. The summed E-state index contributed by atoms with van der Waals surface area (Å²) in [4.78, 5) is 25.7. The summed E-state index contributed by atoms with van der Waals surface area (Å²) in [6, 6.07) is 4.78. The Labute approximate surface area is 204 Å². The number of carboxylic acids is 1. The van der Waals surface area contributed by atoms with Crippen molar-refractivity contribution in [1.82, 2.24) is 14.7 Å². The van der Waals surface area contributed by atoms with Crippen molar-refractivity contribution in [2.24, 2.45) is 11.8 Å². The number of carbonyl (C=O) groups is 2. The molecule has 0 spiro atoms. The van der Waals surface area contributed by atoms with E-state index in [1.54, 1.807) is 17.0 Å². The molecule has 1 aliphatic heterocycles. The highest BCUT2D eigenvalue weighted by atomic mass is 35.5. The second kappa shape index (κ2) is 9.77. The smallest absolute Gasteiger partial charge is 0.435 e. The summed E-state index contributed by atoms with van der Waals surface area (Å²) in [6.45, 7) is 0.245. The average molecular weight is 518 g/mol. The minimum absolute atomic E-state index is 0.0235. The summed E-state index contributed by atoms with van der Waals surface area (Å²) in [6.07, 6.45) is -1.86. The molecule has 1 saturated carbocycles. The Morgan fingerprint density at radius 3 is 2.47 bits per heavy atom. The highest BCUT2D eigenvalue weighted by Crippen LogP contribution is 2.37. The first kappa shape index (κ1) is 24.9. The number of alkyl halides is 3. The molecular weight excluding hydrogens is 494 g/mol. The van der Waals surface area contributed by atoms with Crippen molar-refractivity contribution in [3.8, 4) is 0 Å². The Morgan fingerprint density at radius 1 is 1.15 bits per heavy atom. The normalized spacial score (nSPS) is 20.8. The van der Waals surface area contributed by atoms with Crippen LogP contribution in [0.15, 0.2) is 18.2 Å². The summed E-state index contributed by atoms with van der Waals surface area (Å²) in [7, 11) is 0. The molecule has 0 saturated heterocycles. The standard InChI is InChI=1S/C23H24Cl2F3N3O3/c24-16-6-5-15(18(25)10-16)11-31-19-12-30(8-7-17(19)21(29-31)23(26,27)28)20(32)9-13-1-3-14(4-2-13)22(33)34/h5-6,10,13-14H,1-4,7-9,11-12H2,(H,33,34). The highest BCUT2D eigenvalue weighted by molar-refractivity contribution is 6.35. The van der Waals surface area contributed by atoms with Crippen LogP contribution in [0.5, 0.6) is 0 Å². The molecule has 1 aromatic heterocycles. The van der Waals surface area contributed by atoms with Gasteiger partial charge < -0.3 is 10.0 Å². The van der Waals surface area contributed by atoms with Crippen molar-refractivity contribution >= 4 is 35.1 Å². The Hall–Kier alpha value is -2.26. The molecule has 1 aromatic carbocycles. The van der Waals surface area contributed by atoms with Gasteiger partial charge in [-0.3, -0.25) is 14.3 Å². The molecule has 4 rings (SSSR count). The first-order valence-electron chi connectivity index (χ1n) is 11.1. The molecule has 11 heteroatoms. The maximum absolute atomic E-state index is 13.7. The lowest BCUT2D eigenvalue weighted by Crippen LogP contribution is -2.38. The van der Waals surface area contributed by atoms with E-state index in [0.717, 1.165) is 0 Å². The van der Waals surface area contributed by atoms with Gasteiger partial charge in [0.1, 0.15) is 0 Å². The third-order valence-electron chi connectivity index (χ3n) is 6.75. The predicted octanol–water partition coefficient (Wildman–Crippen LogP) is 5.42. The second-order valence-electron chi connectivity index (χ2n) is 8.99. The number of nitrogens with zero attached hydrogens (tertiary/aromatic N) is 3. The van der Waals surface area contributed by atoms with Crippen LogP contribution in [-0.4, -0.2) is 38.2 Å². The lowest BCUT2D eigenvalue weighted by atomic mass is 9.80. The van der Waals surface area contributed by atoms with Crippen molar-refractivity contribution < 1.29 is 27.9 Å². The molecule has 0 bridgehead atoms. The van der Waals surface area contributed by atoms with Crippen LogP contribution < -0.4 is 0 Å². The highest BCUT2D eigenvalue weighted by Gasteiger charge is 2.41. The van der Waals surface area contributed by atoms with Crippen LogP contribution >= 0.6 is 23.2 Å². The average Bonchev–Trinajstić information content (AvgIpc) is 3.14. The third kappa shape index (κ3) is 5.35. The zero-order chi connectivity index (χ0) is 24.6. The van der Waals surface area contributed by atoms with E-state index in [9.17, 15) is 22.8 Å². The summed E-state index contributed by atoms with van der Waals surface area (Å²) < 4.78 is 42.3. The molecule has 0 unspecified atom stereocenters. The fraction of sp³-hybridized carbons (Fsp3) is 0.522. The maximum atomic E-state index is 13.7. The number of amides is 1. The van der Waals surface area contributed by atoms with Crippen LogP contribution in [-0.2, 0) is 35.3 Å². The van der Waals surface area contributed by atoms with Gasteiger partial charge in [0, 0.05) is 28.6 Å². The van der Waals surface area contributed by atoms with Crippen LogP contribution in [0.25, 0.3) is 0 Å². The number of carboxylic acid groups (broad SMARTS) is 1. The molecule has 1 amide bonds. The molecule has 1 N–H and O–H groups in total. The van der Waals surface area contributed by atoms with Crippen molar-refractivity contribution in [3.05, 3.63) is 50.8 Å². The van der Waals surface area contributed by atoms with Gasteiger partial charge in [-0.05, 0) is 55.7 Å². The lowest BCUT2D eigenvalue weighted by molar-refractivity contribution is -0.143. The number of fused-ring (bicyclic) bond motifs is 1. The number of carbonyl (C=O) groups excluding carboxylic acids is 1. The molecule has 0 atom stereocenters. The van der Waals surface area contributed by atoms with Crippen molar-refractivity contribution in [2.75, 3.05) is 6.54 Å². The Morgan fingerprint density at radius 2 is 1.85 bits per heavy atom. The van der Waals surface area contributed by atoms with Gasteiger partial charge in [0.2, 0.25) is 5.91 Å². The van der Waals surface area contributed by atoms with Gasteiger partial charge in [-0.1, -0.05) is 29.3 Å². The Bertz CT molecular complexity index is 1100. The Balaban J connectivity index is 1.52. The van der Waals surface area contributed by atoms with Crippen LogP contribution in [0.2, 0.25) is 10.0 Å². The van der Waals surface area contributed by atoms with Crippen LogP contribution in [0.1, 0.15) is 54.6 Å². The molecule has 184 valence electrons. The molecular formula is C23H24Cl2F3N3O3. The maximum Gasteiger partial charge on any atom is 0.435 e. The number of benzene rings is 1. The van der Waals surface area contributed by atoms with Crippen molar-refractivity contribution in [2.45, 2.75) is 57.8 Å². The summed E-state index contributed by atoms with van der Waals surface area (Å²) in [5.74, 6) is -1.20. The fourth-order valence-corrected chi connectivity index (χ4v) is 5.32. The monoisotopic (exact) mass is 517 g/mol. The van der Waals surface area contributed by atoms with Crippen LogP contribution in [0.3, 0.4) is 0 Å². The van der Waals surface area contributed by atoms with Gasteiger partial charge in [-0.25, -0.2) is 0 Å². The molecule has 0 radical (unpaired) electrons. The first-order chi connectivity index (χ1) is 16.0.